The van der Waals surface area contributed by atoms with Gasteiger partial charge in [-0.2, -0.15) is 5.10 Å². The van der Waals surface area contributed by atoms with Gasteiger partial charge in [0.2, 0.25) is 0 Å². The first-order chi connectivity index (χ1) is 13.2. The summed E-state index contributed by atoms with van der Waals surface area (Å²) in [5, 5.41) is 9.61. The van der Waals surface area contributed by atoms with E-state index in [4.69, 9.17) is 4.74 Å². The fraction of sp³-hybridized carbons (Fsp3) is 0.421. The van der Waals surface area contributed by atoms with Crippen molar-refractivity contribution in [2.24, 2.45) is 0 Å². The first-order valence-electron chi connectivity index (χ1n) is 9.18. The number of piperidine rings is 1. The molecule has 2 saturated heterocycles. The maximum atomic E-state index is 13.1. The van der Waals surface area contributed by atoms with E-state index in [-0.39, 0.29) is 11.9 Å². The molecule has 7 nitrogen and oxygen atoms in total. The van der Waals surface area contributed by atoms with E-state index in [1.807, 2.05) is 24.3 Å². The van der Waals surface area contributed by atoms with Crippen LogP contribution in [0.15, 0.2) is 36.0 Å². The van der Waals surface area contributed by atoms with Crippen LogP contribution in [0.2, 0.25) is 0 Å². The molecule has 0 radical (unpaired) electrons. The van der Waals surface area contributed by atoms with Crippen molar-refractivity contribution in [2.45, 2.75) is 31.0 Å². The Bertz CT molecular complexity index is 956. The van der Waals surface area contributed by atoms with Crippen molar-refractivity contribution in [3.8, 4) is 5.00 Å². The molecular formula is C19H21N5O2S. The predicted octanol–water partition coefficient (Wildman–Crippen LogP) is 2.07. The van der Waals surface area contributed by atoms with Gasteiger partial charge >= 0.3 is 0 Å². The van der Waals surface area contributed by atoms with Gasteiger partial charge in [0.25, 0.3) is 5.91 Å². The van der Waals surface area contributed by atoms with E-state index in [0.717, 1.165) is 42.0 Å². The number of para-hydroxylation sites is 1. The molecule has 0 aliphatic carbocycles. The van der Waals surface area contributed by atoms with Gasteiger partial charge in [0.05, 0.1) is 30.4 Å². The topological polar surface area (TPSA) is 72.3 Å². The van der Waals surface area contributed by atoms with Gasteiger partial charge in [-0.25, -0.2) is 4.68 Å². The molecule has 0 spiro atoms. The highest BCUT2D eigenvalue weighted by Gasteiger charge is 2.37. The summed E-state index contributed by atoms with van der Waals surface area (Å²) >= 11 is 1.50. The molecule has 1 amide bonds. The summed E-state index contributed by atoms with van der Waals surface area (Å²) in [4.78, 5) is 19.6. The zero-order chi connectivity index (χ0) is 18.4. The molecule has 2 fully saturated rings. The Morgan fingerprint density at radius 2 is 2.04 bits per heavy atom. The smallest absolute Gasteiger partial charge is 0.272 e. The summed E-state index contributed by atoms with van der Waals surface area (Å²) in [6.45, 7) is 1.48. The first-order valence-corrected chi connectivity index (χ1v) is 10.1. The van der Waals surface area contributed by atoms with Crippen LogP contribution in [0.1, 0.15) is 23.3 Å². The second-order valence-electron chi connectivity index (χ2n) is 7.27. The number of amides is 1. The van der Waals surface area contributed by atoms with E-state index in [0.29, 0.717) is 17.8 Å². The highest BCUT2D eigenvalue weighted by molar-refractivity contribution is 7.12. The zero-order valence-electron chi connectivity index (χ0n) is 15.0. The first kappa shape index (κ1) is 16.9. The van der Waals surface area contributed by atoms with Gasteiger partial charge < -0.3 is 10.1 Å². The number of ether oxygens (including phenoxy) is 1. The predicted molar refractivity (Wildman–Crippen MR) is 103 cm³/mol. The Labute approximate surface area is 160 Å². The number of hydrogen-bond acceptors (Lipinski definition) is 6. The lowest BCUT2D eigenvalue weighted by molar-refractivity contribution is -0.0670. The lowest BCUT2D eigenvalue weighted by atomic mass is 9.90. The Hall–Kier alpha value is -2.29. The number of fused-ring (bicyclic) bond motifs is 3. The molecule has 2 aromatic heterocycles. The molecule has 27 heavy (non-hydrogen) atoms. The SMILES string of the molecule is CN1[C@@H]2COC[C@H]1C[C@@H](NC(=O)c1nn(-c3cncs3)c3ccccc13)C2. The third-order valence-corrected chi connectivity index (χ3v) is 6.40. The Morgan fingerprint density at radius 1 is 1.26 bits per heavy atom. The maximum absolute atomic E-state index is 13.1. The molecule has 3 aromatic rings. The molecule has 1 N–H and O–H groups in total. The number of likely N-dealkylation sites (N-methyl/N-ethyl adjacent to an activating group) is 1. The van der Waals surface area contributed by atoms with Crippen molar-refractivity contribution in [3.63, 3.8) is 0 Å². The average Bonchev–Trinajstić information content (AvgIpc) is 3.30. The monoisotopic (exact) mass is 383 g/mol. The Morgan fingerprint density at radius 3 is 2.78 bits per heavy atom. The van der Waals surface area contributed by atoms with E-state index in [1.165, 1.54) is 11.3 Å². The highest BCUT2D eigenvalue weighted by Crippen LogP contribution is 2.27. The molecule has 4 heterocycles. The largest absolute Gasteiger partial charge is 0.378 e. The van der Waals surface area contributed by atoms with Gasteiger partial charge in [-0.3, -0.25) is 14.7 Å². The number of aromatic nitrogens is 3. The molecule has 2 aliphatic rings. The van der Waals surface area contributed by atoms with Crippen LogP contribution in [0.3, 0.4) is 0 Å². The summed E-state index contributed by atoms with van der Waals surface area (Å²) in [5.74, 6) is -0.108. The number of nitrogens with zero attached hydrogens (tertiary/aromatic N) is 4. The van der Waals surface area contributed by atoms with Crippen molar-refractivity contribution in [3.05, 3.63) is 41.7 Å². The van der Waals surface area contributed by atoms with Crippen molar-refractivity contribution in [2.75, 3.05) is 20.3 Å². The van der Waals surface area contributed by atoms with E-state index < -0.39 is 0 Å². The van der Waals surface area contributed by atoms with Crippen LogP contribution in [-0.4, -0.2) is 64.0 Å². The van der Waals surface area contributed by atoms with E-state index in [1.54, 1.807) is 16.4 Å². The second kappa shape index (κ2) is 6.70. The molecule has 1 aromatic carbocycles. The van der Waals surface area contributed by atoms with Crippen molar-refractivity contribution in [1.29, 1.82) is 0 Å². The van der Waals surface area contributed by atoms with Crippen molar-refractivity contribution in [1.82, 2.24) is 25.0 Å². The number of carbonyl (C=O) groups excluding carboxylic acids is 1. The normalized spacial score (nSPS) is 25.6. The molecular weight excluding hydrogens is 362 g/mol. The summed E-state index contributed by atoms with van der Waals surface area (Å²) < 4.78 is 7.48. The molecule has 2 bridgehead atoms. The van der Waals surface area contributed by atoms with Crippen molar-refractivity contribution >= 4 is 28.1 Å². The van der Waals surface area contributed by atoms with Gasteiger partial charge in [-0.05, 0) is 26.0 Å². The van der Waals surface area contributed by atoms with Crippen LogP contribution in [0.25, 0.3) is 15.9 Å². The van der Waals surface area contributed by atoms with Gasteiger partial charge in [-0.15, -0.1) is 11.3 Å². The summed E-state index contributed by atoms with van der Waals surface area (Å²) in [7, 11) is 2.15. The number of benzene rings is 1. The van der Waals surface area contributed by atoms with Crippen LogP contribution < -0.4 is 5.32 Å². The Kier molecular flexibility index (Phi) is 4.18. The van der Waals surface area contributed by atoms with Gasteiger partial charge in [0.15, 0.2) is 5.69 Å². The quantitative estimate of drug-likeness (QED) is 0.750. The number of nitrogens with one attached hydrogen (secondary N) is 1. The van der Waals surface area contributed by atoms with Gasteiger partial charge in [0, 0.05) is 23.5 Å². The van der Waals surface area contributed by atoms with E-state index in [2.05, 4.69) is 27.3 Å². The minimum atomic E-state index is -0.108. The fourth-order valence-corrected chi connectivity index (χ4v) is 4.77. The number of morpholine rings is 1. The van der Waals surface area contributed by atoms with E-state index >= 15 is 0 Å². The number of rotatable bonds is 3. The van der Waals surface area contributed by atoms with Crippen LogP contribution in [-0.2, 0) is 4.74 Å². The molecule has 0 unspecified atom stereocenters. The highest BCUT2D eigenvalue weighted by atomic mass is 32.1. The van der Waals surface area contributed by atoms with Crippen molar-refractivity contribution < 1.29 is 9.53 Å². The molecule has 5 rings (SSSR count). The van der Waals surface area contributed by atoms with Crippen LogP contribution in [0.4, 0.5) is 0 Å². The zero-order valence-corrected chi connectivity index (χ0v) is 15.9. The third kappa shape index (κ3) is 2.93. The van der Waals surface area contributed by atoms with Crippen LogP contribution in [0.5, 0.6) is 0 Å². The lowest BCUT2D eigenvalue weighted by Crippen LogP contribution is -2.59. The van der Waals surface area contributed by atoms with E-state index in [9.17, 15) is 4.79 Å². The lowest BCUT2D eigenvalue weighted by Gasteiger charge is -2.46. The average molecular weight is 383 g/mol. The maximum Gasteiger partial charge on any atom is 0.272 e. The van der Waals surface area contributed by atoms with Crippen LogP contribution in [0, 0.1) is 0 Å². The molecule has 2 aliphatic heterocycles. The minimum Gasteiger partial charge on any atom is -0.378 e. The molecule has 3 atom stereocenters. The molecule has 0 saturated carbocycles. The minimum absolute atomic E-state index is 0.108. The summed E-state index contributed by atoms with van der Waals surface area (Å²) in [6, 6.07) is 8.72. The van der Waals surface area contributed by atoms with Gasteiger partial charge in [0.1, 0.15) is 5.00 Å². The second-order valence-corrected chi connectivity index (χ2v) is 8.13. The summed E-state index contributed by atoms with van der Waals surface area (Å²) in [6.07, 6.45) is 3.59. The van der Waals surface area contributed by atoms with Gasteiger partial charge in [-0.1, -0.05) is 18.2 Å². The number of thiazole rings is 1. The number of carbonyl (C=O) groups is 1. The Balaban J connectivity index is 1.43. The summed E-state index contributed by atoms with van der Waals surface area (Å²) in [5.41, 5.74) is 3.16. The number of hydrogen-bond donors (Lipinski definition) is 1. The molecule has 140 valence electrons. The standard InChI is InChI=1S/C19H21N5O2S/c1-23-13-6-12(7-14(23)10-26-9-13)21-19(25)18-15-4-2-3-5-16(15)24(22-18)17-8-20-11-27-17/h2-5,8,11-14H,6-7,9-10H2,1H3,(H,21,25)/t12-,13-,14+. The third-order valence-electron chi connectivity index (χ3n) is 5.65. The fourth-order valence-electron chi connectivity index (χ4n) is 4.18. The van der Waals surface area contributed by atoms with Crippen LogP contribution >= 0.6 is 11.3 Å². The molecule has 8 heteroatoms.